The van der Waals surface area contributed by atoms with Gasteiger partial charge in [0.25, 0.3) is 0 Å². The van der Waals surface area contributed by atoms with Crippen LogP contribution in [0.5, 0.6) is 0 Å². The minimum atomic E-state index is -0.210. The van der Waals surface area contributed by atoms with E-state index in [1.165, 1.54) is 38.1 Å². The zero-order valence-electron chi connectivity index (χ0n) is 13.4. The molecule has 3 nitrogen and oxygen atoms in total. The molecule has 0 aromatic heterocycles. The first-order valence-electron chi connectivity index (χ1n) is 7.87. The second-order valence-corrected chi connectivity index (χ2v) is 6.50. The maximum Gasteiger partial charge on any atom is 0.123 e. The van der Waals surface area contributed by atoms with Crippen LogP contribution in [0.3, 0.4) is 0 Å². The van der Waals surface area contributed by atoms with E-state index >= 15 is 0 Å². The van der Waals surface area contributed by atoms with Crippen LogP contribution in [-0.2, 0) is 0 Å². The molecule has 1 aromatic carbocycles. The molecule has 2 rings (SSSR count). The molecule has 2 N–H and O–H groups in total. The second kappa shape index (κ2) is 7.34. The van der Waals surface area contributed by atoms with Crippen molar-refractivity contribution in [2.24, 2.45) is 11.7 Å². The molecule has 1 heterocycles. The highest BCUT2D eigenvalue weighted by Gasteiger charge is 2.23. The van der Waals surface area contributed by atoms with Crippen molar-refractivity contribution in [2.45, 2.75) is 31.8 Å². The van der Waals surface area contributed by atoms with Gasteiger partial charge in [0.2, 0.25) is 0 Å². The first-order valence-corrected chi connectivity index (χ1v) is 7.87. The molecular weight excluding hydrogens is 265 g/mol. The Hall–Kier alpha value is -0.970. The van der Waals surface area contributed by atoms with E-state index in [2.05, 4.69) is 30.8 Å². The Bertz CT molecular complexity index is 426. The summed E-state index contributed by atoms with van der Waals surface area (Å²) in [5.74, 6) is 0.548. The quantitative estimate of drug-likeness (QED) is 0.905. The summed E-state index contributed by atoms with van der Waals surface area (Å²) in [6.07, 6.45) is 2.53. The molecule has 0 bridgehead atoms. The van der Waals surface area contributed by atoms with E-state index < -0.39 is 0 Å². The number of hydrogen-bond acceptors (Lipinski definition) is 3. The third kappa shape index (κ3) is 4.50. The third-order valence-corrected chi connectivity index (χ3v) is 4.85. The monoisotopic (exact) mass is 293 g/mol. The fourth-order valence-electron chi connectivity index (χ4n) is 3.06. The lowest BCUT2D eigenvalue weighted by Crippen LogP contribution is -2.43. The summed E-state index contributed by atoms with van der Waals surface area (Å²) >= 11 is 0. The number of halogens is 1. The van der Waals surface area contributed by atoms with E-state index in [-0.39, 0.29) is 17.9 Å². The molecule has 1 saturated heterocycles. The van der Waals surface area contributed by atoms with Crippen LogP contribution in [0.25, 0.3) is 0 Å². The second-order valence-electron chi connectivity index (χ2n) is 6.50. The standard InChI is InChI=1S/C17H28FN3/c1-13(17(19)15-4-6-16(18)7-5-15)21(3)12-14-8-10-20(2)11-9-14/h4-7,13-14,17H,8-12,19H2,1-3H3. The van der Waals surface area contributed by atoms with Crippen molar-refractivity contribution >= 4 is 0 Å². The lowest BCUT2D eigenvalue weighted by Gasteiger charge is -2.36. The average molecular weight is 293 g/mol. The van der Waals surface area contributed by atoms with Crippen molar-refractivity contribution in [3.05, 3.63) is 35.6 Å². The zero-order chi connectivity index (χ0) is 15.4. The van der Waals surface area contributed by atoms with Crippen LogP contribution in [-0.4, -0.2) is 49.6 Å². The number of piperidine rings is 1. The van der Waals surface area contributed by atoms with Gasteiger partial charge in [-0.05, 0) is 70.6 Å². The maximum absolute atomic E-state index is 13.0. The fraction of sp³-hybridized carbons (Fsp3) is 0.647. The van der Waals surface area contributed by atoms with Gasteiger partial charge in [0, 0.05) is 18.6 Å². The number of rotatable bonds is 5. The minimum absolute atomic E-state index is 0.0816. The van der Waals surface area contributed by atoms with Gasteiger partial charge in [-0.1, -0.05) is 12.1 Å². The highest BCUT2D eigenvalue weighted by molar-refractivity contribution is 5.20. The number of nitrogens with two attached hydrogens (primary N) is 1. The number of likely N-dealkylation sites (N-methyl/N-ethyl adjacent to an activating group) is 1. The molecule has 1 aromatic rings. The van der Waals surface area contributed by atoms with Gasteiger partial charge in [0.05, 0.1) is 0 Å². The van der Waals surface area contributed by atoms with Crippen molar-refractivity contribution in [3.63, 3.8) is 0 Å². The van der Waals surface area contributed by atoms with Gasteiger partial charge in [-0.15, -0.1) is 0 Å². The molecule has 2 unspecified atom stereocenters. The third-order valence-electron chi connectivity index (χ3n) is 4.85. The summed E-state index contributed by atoms with van der Waals surface area (Å²) in [4.78, 5) is 4.74. The molecule has 0 radical (unpaired) electrons. The van der Waals surface area contributed by atoms with Crippen LogP contribution < -0.4 is 5.73 Å². The lowest BCUT2D eigenvalue weighted by molar-refractivity contribution is 0.144. The van der Waals surface area contributed by atoms with Gasteiger partial charge in [-0.2, -0.15) is 0 Å². The van der Waals surface area contributed by atoms with Crippen LogP contribution in [0.1, 0.15) is 31.4 Å². The Morgan fingerprint density at radius 1 is 1.29 bits per heavy atom. The fourth-order valence-corrected chi connectivity index (χ4v) is 3.06. The number of nitrogens with zero attached hydrogens (tertiary/aromatic N) is 2. The Kier molecular flexibility index (Phi) is 5.73. The Morgan fingerprint density at radius 2 is 1.86 bits per heavy atom. The van der Waals surface area contributed by atoms with Gasteiger partial charge in [-0.3, -0.25) is 0 Å². The predicted molar refractivity (Wildman–Crippen MR) is 85.6 cm³/mol. The topological polar surface area (TPSA) is 32.5 Å². The average Bonchev–Trinajstić information content (AvgIpc) is 2.49. The summed E-state index contributed by atoms with van der Waals surface area (Å²) in [5.41, 5.74) is 7.34. The minimum Gasteiger partial charge on any atom is -0.323 e. The number of hydrogen-bond donors (Lipinski definition) is 1. The maximum atomic E-state index is 13.0. The van der Waals surface area contributed by atoms with Gasteiger partial charge < -0.3 is 15.5 Å². The van der Waals surface area contributed by atoms with Crippen molar-refractivity contribution in [3.8, 4) is 0 Å². The summed E-state index contributed by atoms with van der Waals surface area (Å²) in [5, 5.41) is 0. The predicted octanol–water partition coefficient (Wildman–Crippen LogP) is 2.49. The Balaban J connectivity index is 1.89. The molecule has 4 heteroatoms. The van der Waals surface area contributed by atoms with Crippen LogP contribution in [0.4, 0.5) is 4.39 Å². The summed E-state index contributed by atoms with van der Waals surface area (Å²) in [7, 11) is 4.33. The molecule has 0 aliphatic carbocycles. The van der Waals surface area contributed by atoms with Crippen molar-refractivity contribution in [1.82, 2.24) is 9.80 Å². The van der Waals surface area contributed by atoms with Crippen molar-refractivity contribution in [2.75, 3.05) is 33.7 Å². The highest BCUT2D eigenvalue weighted by Crippen LogP contribution is 2.22. The van der Waals surface area contributed by atoms with Crippen LogP contribution >= 0.6 is 0 Å². The van der Waals surface area contributed by atoms with E-state index in [0.717, 1.165) is 18.0 Å². The number of likely N-dealkylation sites (tertiary alicyclic amines) is 1. The first-order chi connectivity index (χ1) is 9.97. The van der Waals surface area contributed by atoms with E-state index in [1.807, 2.05) is 0 Å². The molecule has 21 heavy (non-hydrogen) atoms. The van der Waals surface area contributed by atoms with E-state index in [9.17, 15) is 4.39 Å². The first kappa shape index (κ1) is 16.4. The van der Waals surface area contributed by atoms with E-state index in [4.69, 9.17) is 5.73 Å². The lowest BCUT2D eigenvalue weighted by atomic mass is 9.94. The SMILES string of the molecule is CC(C(N)c1ccc(F)cc1)N(C)CC1CCN(C)CC1. The van der Waals surface area contributed by atoms with E-state index in [1.54, 1.807) is 12.1 Å². The summed E-state index contributed by atoms with van der Waals surface area (Å²) in [6.45, 7) is 5.63. The molecule has 0 spiro atoms. The summed E-state index contributed by atoms with van der Waals surface area (Å²) in [6, 6.07) is 6.72. The smallest absolute Gasteiger partial charge is 0.123 e. The van der Waals surface area contributed by atoms with Crippen LogP contribution in [0, 0.1) is 11.7 Å². The number of benzene rings is 1. The van der Waals surface area contributed by atoms with Crippen LogP contribution in [0.2, 0.25) is 0 Å². The molecular formula is C17H28FN3. The van der Waals surface area contributed by atoms with Gasteiger partial charge in [0.15, 0.2) is 0 Å². The largest absolute Gasteiger partial charge is 0.323 e. The summed E-state index contributed by atoms with van der Waals surface area (Å²) < 4.78 is 13.0. The molecule has 2 atom stereocenters. The Morgan fingerprint density at radius 3 is 2.43 bits per heavy atom. The van der Waals surface area contributed by atoms with Gasteiger partial charge in [-0.25, -0.2) is 4.39 Å². The molecule has 0 saturated carbocycles. The zero-order valence-corrected chi connectivity index (χ0v) is 13.4. The molecule has 118 valence electrons. The molecule has 0 amide bonds. The van der Waals surface area contributed by atoms with Gasteiger partial charge >= 0.3 is 0 Å². The van der Waals surface area contributed by atoms with Gasteiger partial charge in [0.1, 0.15) is 5.82 Å². The molecule has 1 aliphatic heterocycles. The van der Waals surface area contributed by atoms with E-state index in [0.29, 0.717) is 0 Å². The highest BCUT2D eigenvalue weighted by atomic mass is 19.1. The van der Waals surface area contributed by atoms with Crippen molar-refractivity contribution in [1.29, 1.82) is 0 Å². The van der Waals surface area contributed by atoms with Crippen LogP contribution in [0.15, 0.2) is 24.3 Å². The molecule has 1 aliphatic rings. The normalized spacial score (nSPS) is 20.7. The Labute approximate surface area is 127 Å². The molecule has 1 fully saturated rings. The van der Waals surface area contributed by atoms with Crippen molar-refractivity contribution < 1.29 is 4.39 Å².